The van der Waals surface area contributed by atoms with Crippen molar-refractivity contribution in [3.05, 3.63) is 67.0 Å². The summed E-state index contributed by atoms with van der Waals surface area (Å²) < 4.78 is 25.1. The van der Waals surface area contributed by atoms with Gasteiger partial charge in [-0.05, 0) is 24.3 Å². The summed E-state index contributed by atoms with van der Waals surface area (Å²) in [6.07, 6.45) is 4.80. The molecule has 0 aliphatic carbocycles. The highest BCUT2D eigenvalue weighted by Gasteiger charge is 2.27. The van der Waals surface area contributed by atoms with Crippen LogP contribution in [0, 0.1) is 0 Å². The summed E-state index contributed by atoms with van der Waals surface area (Å²) in [6, 6.07) is 12.9. The number of hydrogen-bond donors (Lipinski definition) is 3. The van der Waals surface area contributed by atoms with Crippen molar-refractivity contribution >= 4 is 44.2 Å². The molecule has 1 atom stereocenters. The number of rotatable bonds is 6. The van der Waals surface area contributed by atoms with Gasteiger partial charge in [-0.25, -0.2) is 9.97 Å². The fraction of sp³-hybridized carbons (Fsp3) is 0.200. The molecule has 5 rings (SSSR count). The van der Waals surface area contributed by atoms with E-state index in [0.29, 0.717) is 17.5 Å². The number of aliphatic imine (C=N–C) groups is 1. The van der Waals surface area contributed by atoms with Crippen molar-refractivity contribution in [1.29, 1.82) is 0 Å². The number of benzene rings is 1. The Morgan fingerprint density at radius 1 is 1.26 bits per heavy atom. The van der Waals surface area contributed by atoms with Crippen molar-refractivity contribution in [1.82, 2.24) is 24.7 Å². The first-order chi connectivity index (χ1) is 15.0. The van der Waals surface area contributed by atoms with Crippen LogP contribution in [-0.2, 0) is 6.54 Å². The second kappa shape index (κ2) is 8.00. The SMILES string of the molecule is CN(c1cccc2cc(C3=NCC(Cn4cncn4)S3)[nH]c12)S(O)(O)c1ccccn1. The van der Waals surface area contributed by atoms with Gasteiger partial charge >= 0.3 is 0 Å². The second-order valence-corrected chi connectivity index (χ2v) is 10.4. The molecule has 9 nitrogen and oxygen atoms in total. The molecule has 1 aromatic carbocycles. The van der Waals surface area contributed by atoms with E-state index in [1.807, 2.05) is 28.9 Å². The number of fused-ring (bicyclic) bond motifs is 1. The molecule has 0 fully saturated rings. The van der Waals surface area contributed by atoms with Gasteiger partial charge in [-0.1, -0.05) is 40.7 Å². The Labute approximate surface area is 184 Å². The number of para-hydroxylation sites is 1. The topological polar surface area (TPSA) is 115 Å². The first kappa shape index (κ1) is 20.1. The fourth-order valence-electron chi connectivity index (χ4n) is 3.50. The van der Waals surface area contributed by atoms with Gasteiger partial charge in [-0.2, -0.15) is 5.10 Å². The van der Waals surface area contributed by atoms with Crippen LogP contribution < -0.4 is 4.31 Å². The molecule has 160 valence electrons. The molecule has 3 N–H and O–H groups in total. The molecule has 1 aliphatic rings. The average Bonchev–Trinajstić information content (AvgIpc) is 3.54. The molecule has 0 saturated heterocycles. The number of aromatic amines is 1. The molecular formula is C20H21N7O2S2. The van der Waals surface area contributed by atoms with Crippen molar-refractivity contribution < 1.29 is 9.11 Å². The van der Waals surface area contributed by atoms with Crippen LogP contribution in [-0.4, -0.2) is 57.7 Å². The quantitative estimate of drug-likeness (QED) is 0.404. The summed E-state index contributed by atoms with van der Waals surface area (Å²) in [5, 5.41) is 6.60. The van der Waals surface area contributed by atoms with Gasteiger partial charge in [-0.3, -0.25) is 23.1 Å². The fourth-order valence-corrected chi connectivity index (χ4v) is 5.75. The second-order valence-electron chi connectivity index (χ2n) is 7.11. The Morgan fingerprint density at radius 2 is 2.16 bits per heavy atom. The molecule has 31 heavy (non-hydrogen) atoms. The predicted octanol–water partition coefficient (Wildman–Crippen LogP) is 3.88. The summed E-state index contributed by atoms with van der Waals surface area (Å²) in [6.45, 7) is 1.46. The molecule has 0 saturated carbocycles. The molecule has 1 unspecified atom stereocenters. The minimum atomic E-state index is -3.28. The van der Waals surface area contributed by atoms with Gasteiger partial charge in [0.15, 0.2) is 5.03 Å². The molecule has 0 bridgehead atoms. The largest absolute Gasteiger partial charge is 0.351 e. The first-order valence-corrected chi connectivity index (χ1v) is 12.0. The van der Waals surface area contributed by atoms with Gasteiger partial charge in [0.05, 0.1) is 35.2 Å². The van der Waals surface area contributed by atoms with Crippen LogP contribution in [0.25, 0.3) is 10.9 Å². The molecule has 0 amide bonds. The van der Waals surface area contributed by atoms with Crippen molar-refractivity contribution in [3.8, 4) is 0 Å². The highest BCUT2D eigenvalue weighted by Crippen LogP contribution is 2.52. The van der Waals surface area contributed by atoms with Crippen LogP contribution in [0.4, 0.5) is 5.69 Å². The van der Waals surface area contributed by atoms with Crippen LogP contribution in [0.5, 0.6) is 0 Å². The summed E-state index contributed by atoms with van der Waals surface area (Å²) in [5.74, 6) is 0. The molecule has 3 aromatic heterocycles. The van der Waals surface area contributed by atoms with E-state index in [0.717, 1.165) is 28.2 Å². The minimum Gasteiger partial charge on any atom is -0.351 e. The van der Waals surface area contributed by atoms with Crippen LogP contribution >= 0.6 is 22.5 Å². The highest BCUT2D eigenvalue weighted by molar-refractivity contribution is 8.25. The molecule has 11 heteroatoms. The number of aromatic nitrogens is 5. The van der Waals surface area contributed by atoms with Gasteiger partial charge in [0.1, 0.15) is 17.7 Å². The molecule has 0 spiro atoms. The van der Waals surface area contributed by atoms with E-state index in [4.69, 9.17) is 4.99 Å². The Balaban J connectivity index is 1.42. The summed E-state index contributed by atoms with van der Waals surface area (Å²) in [5.41, 5.74) is 2.41. The van der Waals surface area contributed by atoms with Gasteiger partial charge in [0.25, 0.3) is 0 Å². The van der Waals surface area contributed by atoms with Crippen molar-refractivity contribution in [3.63, 3.8) is 0 Å². The number of H-pyrrole nitrogens is 1. The van der Waals surface area contributed by atoms with E-state index in [9.17, 15) is 9.11 Å². The van der Waals surface area contributed by atoms with Crippen LogP contribution in [0.2, 0.25) is 0 Å². The number of anilines is 1. The number of hydrogen-bond acceptors (Lipinski definition) is 8. The predicted molar refractivity (Wildman–Crippen MR) is 125 cm³/mol. The summed E-state index contributed by atoms with van der Waals surface area (Å²) >= 11 is 1.71. The van der Waals surface area contributed by atoms with E-state index in [1.165, 1.54) is 10.6 Å². The average molecular weight is 456 g/mol. The Morgan fingerprint density at radius 3 is 2.94 bits per heavy atom. The van der Waals surface area contributed by atoms with E-state index in [1.54, 1.807) is 49.5 Å². The molecule has 4 heterocycles. The van der Waals surface area contributed by atoms with E-state index >= 15 is 0 Å². The number of pyridine rings is 1. The lowest BCUT2D eigenvalue weighted by atomic mass is 10.2. The van der Waals surface area contributed by atoms with Gasteiger partial charge < -0.3 is 4.98 Å². The number of thioether (sulfide) groups is 1. The minimum absolute atomic E-state index is 0.230. The third kappa shape index (κ3) is 3.81. The van der Waals surface area contributed by atoms with Crippen molar-refractivity contribution in [2.24, 2.45) is 4.99 Å². The molecule has 1 aliphatic heterocycles. The van der Waals surface area contributed by atoms with E-state index in [2.05, 4.69) is 20.1 Å². The summed E-state index contributed by atoms with van der Waals surface area (Å²) in [7, 11) is -1.62. The Kier molecular flexibility index (Phi) is 5.18. The van der Waals surface area contributed by atoms with Crippen LogP contribution in [0.1, 0.15) is 5.69 Å². The first-order valence-electron chi connectivity index (χ1n) is 9.61. The van der Waals surface area contributed by atoms with E-state index < -0.39 is 10.8 Å². The standard InChI is InChI=1S/C20H21N7O2S2/c1-26(31(28,29)18-7-2-3-8-22-18)17-6-4-5-14-9-16(25-19(14)17)20-23-10-15(30-20)11-27-13-21-12-24-27/h2-9,12-13,15,25,28-29H,10-11H2,1H3. The normalized spacial score (nSPS) is 17.1. The smallest absolute Gasteiger partial charge is 0.168 e. The molecular weight excluding hydrogens is 434 g/mol. The lowest BCUT2D eigenvalue weighted by Gasteiger charge is -2.40. The molecule has 4 aromatic rings. The maximum Gasteiger partial charge on any atom is 0.168 e. The lowest BCUT2D eigenvalue weighted by Crippen LogP contribution is -2.23. The lowest BCUT2D eigenvalue weighted by molar-refractivity contribution is 0.480. The number of nitrogens with one attached hydrogen (secondary N) is 1. The maximum atomic E-state index is 10.9. The van der Waals surface area contributed by atoms with Gasteiger partial charge in [0, 0.05) is 18.6 Å². The zero-order valence-corrected chi connectivity index (χ0v) is 18.3. The maximum absolute atomic E-state index is 10.9. The van der Waals surface area contributed by atoms with Crippen LogP contribution in [0.3, 0.4) is 0 Å². The third-order valence-corrected chi connectivity index (χ3v) is 8.05. The zero-order valence-electron chi connectivity index (χ0n) is 16.7. The zero-order chi connectivity index (χ0) is 21.4. The third-order valence-electron chi connectivity index (χ3n) is 5.08. The monoisotopic (exact) mass is 455 g/mol. The molecule has 0 radical (unpaired) electrons. The van der Waals surface area contributed by atoms with Gasteiger partial charge in [0.2, 0.25) is 0 Å². The Hall–Kier alpha value is -2.86. The van der Waals surface area contributed by atoms with Crippen molar-refractivity contribution in [2.75, 3.05) is 17.9 Å². The summed E-state index contributed by atoms with van der Waals surface area (Å²) in [4.78, 5) is 16.3. The van der Waals surface area contributed by atoms with E-state index in [-0.39, 0.29) is 5.03 Å². The number of nitrogens with zero attached hydrogens (tertiary/aromatic N) is 6. The van der Waals surface area contributed by atoms with Crippen LogP contribution in [0.15, 0.2) is 71.3 Å². The van der Waals surface area contributed by atoms with Gasteiger partial charge in [-0.15, -0.1) is 0 Å². The van der Waals surface area contributed by atoms with Crippen molar-refractivity contribution in [2.45, 2.75) is 16.8 Å². The highest BCUT2D eigenvalue weighted by atomic mass is 32.3. The Bertz CT molecular complexity index is 1230.